The van der Waals surface area contributed by atoms with Crippen LogP contribution in [0.4, 0.5) is 0 Å². The number of nitrogens with zero attached hydrogens (tertiary/aromatic N) is 5. The fraction of sp³-hybridized carbons (Fsp3) is 0.552. The molecule has 2 aromatic rings. The normalized spacial score (nSPS) is 11.1. The lowest BCUT2D eigenvalue weighted by atomic mass is 10.2. The first-order valence-electron chi connectivity index (χ1n) is 14.6. The minimum Gasteiger partial charge on any atom is -0.481 e. The maximum absolute atomic E-state index is 13.0. The number of hydrogen-bond donors (Lipinski definition) is 6. The average Bonchev–Trinajstić information content (AvgIpc) is 3.36. The number of carboxylic acids is 1. The molecule has 1 aromatic heterocycles. The van der Waals surface area contributed by atoms with E-state index in [1.807, 2.05) is 47.9 Å². The van der Waals surface area contributed by atoms with Gasteiger partial charge in [0.15, 0.2) is 0 Å². The van der Waals surface area contributed by atoms with Gasteiger partial charge in [0.25, 0.3) is 0 Å². The summed E-state index contributed by atoms with van der Waals surface area (Å²) in [5.41, 5.74) is 5.02. The molecule has 0 aliphatic rings. The zero-order chi connectivity index (χ0) is 33.4. The van der Waals surface area contributed by atoms with E-state index in [1.165, 1.54) is 0 Å². The molecule has 0 aliphatic heterocycles. The standard InChI is InChI=1S/C29H45N7O9/c1-30-32(2)19-23-17-22-5-3-4-6-24(22)36(23)10-7-25(40)31-18-26(41)34(12-15-38)21-28(43)35(13-16-39)20-27(42)33(11-14-37)9-8-29(44)45/h3-6,17,30,37-39H,7-16,18-21H2,1-2H3,(H,31,40)(H,44,45). The van der Waals surface area contributed by atoms with E-state index in [4.69, 9.17) is 5.11 Å². The van der Waals surface area contributed by atoms with Crippen LogP contribution < -0.4 is 10.7 Å². The van der Waals surface area contributed by atoms with Crippen molar-refractivity contribution in [3.8, 4) is 0 Å². The summed E-state index contributed by atoms with van der Waals surface area (Å²) in [5.74, 6) is -3.50. The lowest BCUT2D eigenvalue weighted by Gasteiger charge is -2.29. The van der Waals surface area contributed by atoms with Crippen molar-refractivity contribution in [2.75, 3.05) is 79.7 Å². The highest BCUT2D eigenvalue weighted by Gasteiger charge is 2.25. The number of aromatic nitrogens is 1. The molecule has 16 nitrogen and oxygen atoms in total. The number of carbonyl (C=O) groups is 5. The van der Waals surface area contributed by atoms with E-state index in [0.717, 1.165) is 31.3 Å². The minimum atomic E-state index is -1.14. The van der Waals surface area contributed by atoms with Crippen molar-refractivity contribution in [3.05, 3.63) is 36.0 Å². The molecule has 0 saturated heterocycles. The van der Waals surface area contributed by atoms with Crippen molar-refractivity contribution < 1.29 is 44.4 Å². The first kappa shape index (κ1) is 37.1. The molecule has 4 amide bonds. The Morgan fingerprint density at radius 2 is 1.38 bits per heavy atom. The highest BCUT2D eigenvalue weighted by Crippen LogP contribution is 2.21. The second-order valence-electron chi connectivity index (χ2n) is 10.3. The molecule has 45 heavy (non-hydrogen) atoms. The molecule has 0 saturated carbocycles. The number of aliphatic carboxylic acids is 1. The molecular weight excluding hydrogens is 590 g/mol. The van der Waals surface area contributed by atoms with Crippen LogP contribution >= 0.6 is 0 Å². The Morgan fingerprint density at radius 3 is 1.98 bits per heavy atom. The maximum atomic E-state index is 13.0. The van der Waals surface area contributed by atoms with E-state index >= 15 is 0 Å². The number of aryl methyl sites for hydroxylation is 1. The predicted octanol–water partition coefficient (Wildman–Crippen LogP) is -2.35. The van der Waals surface area contributed by atoms with E-state index in [1.54, 1.807) is 0 Å². The molecule has 0 radical (unpaired) electrons. The number of fused-ring (bicyclic) bond motifs is 1. The highest BCUT2D eigenvalue weighted by atomic mass is 16.4. The summed E-state index contributed by atoms with van der Waals surface area (Å²) in [4.78, 5) is 65.5. The van der Waals surface area contributed by atoms with Crippen LogP contribution in [0.5, 0.6) is 0 Å². The summed E-state index contributed by atoms with van der Waals surface area (Å²) in [7, 11) is 3.71. The van der Waals surface area contributed by atoms with Gasteiger partial charge >= 0.3 is 5.97 Å². The number of nitrogens with one attached hydrogen (secondary N) is 2. The van der Waals surface area contributed by atoms with Crippen molar-refractivity contribution in [2.24, 2.45) is 0 Å². The zero-order valence-corrected chi connectivity index (χ0v) is 25.9. The molecule has 0 spiro atoms. The number of hydrazine groups is 1. The summed E-state index contributed by atoms with van der Waals surface area (Å²) in [5, 5.41) is 42.6. The predicted molar refractivity (Wildman–Crippen MR) is 163 cm³/mol. The summed E-state index contributed by atoms with van der Waals surface area (Å²) in [6, 6.07) is 9.88. The second kappa shape index (κ2) is 19.3. The summed E-state index contributed by atoms with van der Waals surface area (Å²) in [6.45, 7) is -2.66. The third-order valence-electron chi connectivity index (χ3n) is 7.09. The van der Waals surface area contributed by atoms with E-state index in [-0.39, 0.29) is 44.9 Å². The van der Waals surface area contributed by atoms with Gasteiger partial charge in [-0.2, -0.15) is 0 Å². The van der Waals surface area contributed by atoms with Gasteiger partial charge < -0.3 is 45.0 Å². The van der Waals surface area contributed by atoms with Gasteiger partial charge in [0.2, 0.25) is 23.6 Å². The van der Waals surface area contributed by atoms with Crippen LogP contribution in [0.15, 0.2) is 30.3 Å². The Morgan fingerprint density at radius 1 is 0.800 bits per heavy atom. The Kier molecular flexibility index (Phi) is 15.9. The smallest absolute Gasteiger partial charge is 0.305 e. The zero-order valence-electron chi connectivity index (χ0n) is 25.9. The van der Waals surface area contributed by atoms with Gasteiger partial charge in [0, 0.05) is 57.4 Å². The van der Waals surface area contributed by atoms with Crippen molar-refractivity contribution in [2.45, 2.75) is 25.9 Å². The fourth-order valence-electron chi connectivity index (χ4n) is 4.64. The summed E-state index contributed by atoms with van der Waals surface area (Å²) >= 11 is 0. The molecule has 0 atom stereocenters. The van der Waals surface area contributed by atoms with E-state index in [0.29, 0.717) is 13.1 Å². The summed E-state index contributed by atoms with van der Waals surface area (Å²) < 4.78 is 2.04. The highest BCUT2D eigenvalue weighted by molar-refractivity contribution is 5.90. The number of carboxylic acid groups (broad SMARTS) is 1. The molecule has 2 rings (SSSR count). The average molecular weight is 636 g/mol. The SMILES string of the molecule is CNN(C)Cc1cc2ccccc2n1CCC(=O)NCC(=O)N(CCO)CC(=O)N(CCO)CC(=O)N(CCO)CCC(=O)O. The van der Waals surface area contributed by atoms with Gasteiger partial charge in [0.1, 0.15) is 0 Å². The lowest BCUT2D eigenvalue weighted by molar-refractivity contribution is -0.145. The Bertz CT molecular complexity index is 1290. The number of rotatable bonds is 21. The number of para-hydroxylation sites is 1. The Labute approximate surface area is 261 Å². The molecule has 250 valence electrons. The number of aliphatic hydroxyl groups excluding tert-OH is 3. The van der Waals surface area contributed by atoms with E-state index < -0.39 is 63.1 Å². The van der Waals surface area contributed by atoms with Crippen molar-refractivity contribution in [3.63, 3.8) is 0 Å². The molecule has 1 heterocycles. The molecule has 0 bridgehead atoms. The Balaban J connectivity index is 2.00. The van der Waals surface area contributed by atoms with Crippen LogP contribution in [-0.2, 0) is 37.1 Å². The van der Waals surface area contributed by atoms with Crippen molar-refractivity contribution in [1.82, 2.24) is 35.0 Å². The van der Waals surface area contributed by atoms with Gasteiger partial charge in [-0.3, -0.25) is 29.4 Å². The number of aliphatic hydroxyl groups is 3. The molecule has 16 heteroatoms. The lowest BCUT2D eigenvalue weighted by Crippen LogP contribution is -2.50. The Hall–Kier alpha value is -4.09. The molecule has 0 unspecified atom stereocenters. The van der Waals surface area contributed by atoms with Gasteiger partial charge in [-0.05, 0) is 24.6 Å². The van der Waals surface area contributed by atoms with Gasteiger partial charge in [0.05, 0.1) is 52.4 Å². The first-order chi connectivity index (χ1) is 21.5. The topological polar surface area (TPSA) is 208 Å². The monoisotopic (exact) mass is 635 g/mol. The number of carbonyl (C=O) groups excluding carboxylic acids is 4. The van der Waals surface area contributed by atoms with Gasteiger partial charge in [-0.1, -0.05) is 18.2 Å². The van der Waals surface area contributed by atoms with Crippen LogP contribution in [0, 0.1) is 0 Å². The minimum absolute atomic E-state index is 0.0831. The largest absolute Gasteiger partial charge is 0.481 e. The van der Waals surface area contributed by atoms with Crippen molar-refractivity contribution >= 4 is 40.5 Å². The third kappa shape index (κ3) is 12.1. The van der Waals surface area contributed by atoms with Crippen LogP contribution in [0.25, 0.3) is 10.9 Å². The number of hydrogen-bond acceptors (Lipinski definition) is 10. The summed E-state index contributed by atoms with van der Waals surface area (Å²) in [6.07, 6.45) is -0.277. The maximum Gasteiger partial charge on any atom is 0.305 e. The van der Waals surface area contributed by atoms with Gasteiger partial charge in [-0.15, -0.1) is 0 Å². The molecule has 6 N–H and O–H groups in total. The van der Waals surface area contributed by atoms with Crippen LogP contribution in [-0.4, -0.2) is 154 Å². The van der Waals surface area contributed by atoms with Crippen molar-refractivity contribution in [1.29, 1.82) is 0 Å². The third-order valence-corrected chi connectivity index (χ3v) is 7.09. The second-order valence-corrected chi connectivity index (χ2v) is 10.3. The molecule has 1 aromatic carbocycles. The quantitative estimate of drug-likeness (QED) is 0.0801. The van der Waals surface area contributed by atoms with E-state index in [9.17, 15) is 39.3 Å². The molecular formula is C29H45N7O9. The van der Waals surface area contributed by atoms with Crippen LogP contribution in [0.3, 0.4) is 0 Å². The number of benzene rings is 1. The first-order valence-corrected chi connectivity index (χ1v) is 14.6. The fourth-order valence-corrected chi connectivity index (χ4v) is 4.64. The van der Waals surface area contributed by atoms with E-state index in [2.05, 4.69) is 16.8 Å². The molecule has 0 aliphatic carbocycles. The van der Waals surface area contributed by atoms with Crippen LogP contribution in [0.1, 0.15) is 18.5 Å². The number of amides is 4. The van der Waals surface area contributed by atoms with Crippen LogP contribution in [0.2, 0.25) is 0 Å². The van der Waals surface area contributed by atoms with Gasteiger partial charge in [-0.25, -0.2) is 5.01 Å². The molecule has 0 fully saturated rings.